The van der Waals surface area contributed by atoms with E-state index in [0.717, 1.165) is 16.9 Å². The summed E-state index contributed by atoms with van der Waals surface area (Å²) in [7, 11) is 0. The molecule has 3 heterocycles. The van der Waals surface area contributed by atoms with E-state index >= 15 is 0 Å². The Morgan fingerprint density at radius 2 is 2.36 bits per heavy atom. The summed E-state index contributed by atoms with van der Waals surface area (Å²) in [5.74, 6) is 0. The zero-order chi connectivity index (χ0) is 9.38. The van der Waals surface area contributed by atoms with E-state index < -0.39 is 0 Å². The van der Waals surface area contributed by atoms with Gasteiger partial charge in [0.15, 0.2) is 5.51 Å². The average molecular weight is 200 g/mol. The van der Waals surface area contributed by atoms with Crippen LogP contribution in [0.4, 0.5) is 0 Å². The monoisotopic (exact) mass is 200 g/mol. The number of imidazole rings is 1. The molecule has 0 bridgehead atoms. The van der Waals surface area contributed by atoms with Crippen LogP contribution in [-0.2, 0) is 0 Å². The van der Waals surface area contributed by atoms with E-state index in [0.29, 0.717) is 0 Å². The van der Waals surface area contributed by atoms with Crippen molar-refractivity contribution >= 4 is 17.0 Å². The second-order valence-electron chi connectivity index (χ2n) is 2.90. The maximum atomic E-state index is 4.29. The molecular formula is C10H6N3S. The molecule has 0 unspecified atom stereocenters. The molecule has 1 radical (unpaired) electrons. The number of rotatable bonds is 1. The van der Waals surface area contributed by atoms with Gasteiger partial charge in [-0.15, -0.1) is 11.3 Å². The van der Waals surface area contributed by atoms with Gasteiger partial charge in [-0.3, -0.25) is 0 Å². The quantitative estimate of drug-likeness (QED) is 0.603. The van der Waals surface area contributed by atoms with Crippen LogP contribution in [0.2, 0.25) is 0 Å². The predicted molar refractivity (Wildman–Crippen MR) is 55.1 cm³/mol. The average Bonchev–Trinajstić information content (AvgIpc) is 2.88. The van der Waals surface area contributed by atoms with Crippen LogP contribution in [0, 0.1) is 5.51 Å². The summed E-state index contributed by atoms with van der Waals surface area (Å²) in [6.07, 6.45) is 5.69. The summed E-state index contributed by atoms with van der Waals surface area (Å²) in [5, 5.41) is 1.98. The van der Waals surface area contributed by atoms with Crippen molar-refractivity contribution in [3.8, 4) is 11.3 Å². The maximum Gasteiger partial charge on any atom is 0.152 e. The van der Waals surface area contributed by atoms with Crippen LogP contribution < -0.4 is 0 Å². The summed E-state index contributed by atoms with van der Waals surface area (Å²) in [5.41, 5.74) is 5.76. The summed E-state index contributed by atoms with van der Waals surface area (Å²) >= 11 is 1.47. The number of hydrogen-bond acceptors (Lipinski definition) is 3. The zero-order valence-electron chi connectivity index (χ0n) is 7.21. The summed E-state index contributed by atoms with van der Waals surface area (Å²) < 4.78 is 1.98. The highest BCUT2D eigenvalue weighted by atomic mass is 32.1. The largest absolute Gasteiger partial charge is 0.307 e. The first kappa shape index (κ1) is 7.70. The van der Waals surface area contributed by atoms with Crippen LogP contribution in [0.25, 0.3) is 16.9 Å². The first-order valence-electron chi connectivity index (χ1n) is 4.19. The third-order valence-electron chi connectivity index (χ3n) is 2.08. The summed E-state index contributed by atoms with van der Waals surface area (Å²) in [6.45, 7) is 0. The van der Waals surface area contributed by atoms with E-state index in [4.69, 9.17) is 0 Å². The molecule has 3 aromatic heterocycles. The lowest BCUT2D eigenvalue weighted by atomic mass is 10.2. The highest BCUT2D eigenvalue weighted by molar-refractivity contribution is 7.07. The third-order valence-corrected chi connectivity index (χ3v) is 2.62. The number of pyridine rings is 1. The highest BCUT2D eigenvalue weighted by Gasteiger charge is 2.05. The van der Waals surface area contributed by atoms with Crippen LogP contribution >= 0.6 is 11.3 Å². The van der Waals surface area contributed by atoms with E-state index in [1.807, 2.05) is 34.3 Å². The van der Waals surface area contributed by atoms with Gasteiger partial charge in [0.05, 0.1) is 5.69 Å². The Morgan fingerprint density at radius 1 is 1.36 bits per heavy atom. The van der Waals surface area contributed by atoms with Gasteiger partial charge in [-0.1, -0.05) is 0 Å². The Morgan fingerprint density at radius 3 is 3.21 bits per heavy atom. The van der Waals surface area contributed by atoms with Crippen LogP contribution in [-0.4, -0.2) is 14.4 Å². The Bertz CT molecular complexity index is 554. The van der Waals surface area contributed by atoms with Crippen molar-refractivity contribution < 1.29 is 0 Å². The fourth-order valence-electron chi connectivity index (χ4n) is 1.46. The molecule has 3 aromatic rings. The van der Waals surface area contributed by atoms with Gasteiger partial charge in [-0.25, -0.2) is 9.97 Å². The van der Waals surface area contributed by atoms with E-state index in [-0.39, 0.29) is 0 Å². The Hall–Kier alpha value is -1.68. The number of hydrogen-bond donors (Lipinski definition) is 0. The van der Waals surface area contributed by atoms with Crippen molar-refractivity contribution in [3.63, 3.8) is 0 Å². The number of thiazole rings is 1. The molecule has 0 atom stereocenters. The van der Waals surface area contributed by atoms with E-state index in [1.165, 1.54) is 11.3 Å². The van der Waals surface area contributed by atoms with Crippen molar-refractivity contribution in [1.29, 1.82) is 0 Å². The summed E-state index contributed by atoms with van der Waals surface area (Å²) in [6, 6.07) is 4.01. The number of aromatic nitrogens is 3. The number of nitrogens with zero attached hydrogens (tertiary/aromatic N) is 3. The van der Waals surface area contributed by atoms with Gasteiger partial charge in [0.25, 0.3) is 0 Å². The smallest absolute Gasteiger partial charge is 0.152 e. The molecule has 3 rings (SSSR count). The third kappa shape index (κ3) is 1.04. The Balaban J connectivity index is 2.36. The lowest BCUT2D eigenvalue weighted by Gasteiger charge is -1.98. The first-order valence-corrected chi connectivity index (χ1v) is 5.07. The minimum Gasteiger partial charge on any atom is -0.307 e. The van der Waals surface area contributed by atoms with Gasteiger partial charge >= 0.3 is 0 Å². The molecular weight excluding hydrogens is 194 g/mol. The Labute approximate surface area is 84.7 Å². The van der Waals surface area contributed by atoms with E-state index in [1.54, 1.807) is 6.20 Å². The Kier molecular flexibility index (Phi) is 1.61. The maximum absolute atomic E-state index is 4.29. The molecule has 0 fully saturated rings. The standard InChI is InChI=1S/C10H6N3S/c1-2-8(9-6-14-7-12-9)10-11-3-5-13(10)4-1/h1-6H. The molecule has 0 N–H and O–H groups in total. The van der Waals surface area contributed by atoms with Gasteiger partial charge < -0.3 is 4.40 Å². The molecule has 0 spiro atoms. The van der Waals surface area contributed by atoms with Crippen LogP contribution in [0.5, 0.6) is 0 Å². The molecule has 0 amide bonds. The minimum atomic E-state index is 0.937. The molecule has 0 saturated carbocycles. The highest BCUT2D eigenvalue weighted by Crippen LogP contribution is 2.22. The zero-order valence-corrected chi connectivity index (χ0v) is 8.03. The van der Waals surface area contributed by atoms with Crippen LogP contribution in [0.15, 0.2) is 36.1 Å². The van der Waals surface area contributed by atoms with Gasteiger partial charge in [-0.05, 0) is 12.1 Å². The molecule has 0 aliphatic rings. The SMILES string of the molecule is [c]1nc(-c2cccn3ccnc23)cs1. The molecule has 0 aliphatic carbocycles. The van der Waals surface area contributed by atoms with E-state index in [2.05, 4.69) is 15.5 Å². The van der Waals surface area contributed by atoms with Gasteiger partial charge in [0.2, 0.25) is 0 Å². The second-order valence-corrected chi connectivity index (χ2v) is 3.56. The molecule has 14 heavy (non-hydrogen) atoms. The van der Waals surface area contributed by atoms with Crippen molar-refractivity contribution in [1.82, 2.24) is 14.4 Å². The minimum absolute atomic E-state index is 0.937. The van der Waals surface area contributed by atoms with Crippen molar-refractivity contribution in [2.75, 3.05) is 0 Å². The van der Waals surface area contributed by atoms with Gasteiger partial charge in [0.1, 0.15) is 5.65 Å². The molecule has 3 nitrogen and oxygen atoms in total. The van der Waals surface area contributed by atoms with Gasteiger partial charge in [0, 0.05) is 29.5 Å². The van der Waals surface area contributed by atoms with E-state index in [9.17, 15) is 0 Å². The molecule has 67 valence electrons. The molecule has 0 aromatic carbocycles. The van der Waals surface area contributed by atoms with Crippen molar-refractivity contribution in [2.24, 2.45) is 0 Å². The lowest BCUT2D eigenvalue weighted by molar-refractivity contribution is 1.18. The molecule has 0 aliphatic heterocycles. The molecule has 0 saturated heterocycles. The van der Waals surface area contributed by atoms with Crippen molar-refractivity contribution in [3.05, 3.63) is 41.6 Å². The normalized spacial score (nSPS) is 10.9. The molecule has 4 heteroatoms. The fourth-order valence-corrected chi connectivity index (χ4v) is 1.95. The van der Waals surface area contributed by atoms with Crippen molar-refractivity contribution in [2.45, 2.75) is 0 Å². The fraction of sp³-hybridized carbons (Fsp3) is 0. The topological polar surface area (TPSA) is 30.2 Å². The van der Waals surface area contributed by atoms with Crippen LogP contribution in [0.3, 0.4) is 0 Å². The van der Waals surface area contributed by atoms with Gasteiger partial charge in [-0.2, -0.15) is 0 Å². The second kappa shape index (κ2) is 2.92. The summed E-state index contributed by atoms with van der Waals surface area (Å²) in [4.78, 5) is 8.44. The first-order chi connectivity index (χ1) is 6.95. The predicted octanol–water partition coefficient (Wildman–Crippen LogP) is 2.26. The lowest BCUT2D eigenvalue weighted by Crippen LogP contribution is -1.86. The number of fused-ring (bicyclic) bond motifs is 1. The van der Waals surface area contributed by atoms with Crippen LogP contribution in [0.1, 0.15) is 0 Å².